The first-order valence-electron chi connectivity index (χ1n) is 5.63. The van der Waals surface area contributed by atoms with Crippen LogP contribution < -0.4 is 5.32 Å². The molecule has 0 spiro atoms. The molecule has 0 aliphatic rings. The van der Waals surface area contributed by atoms with Gasteiger partial charge < -0.3 is 10.4 Å². The van der Waals surface area contributed by atoms with E-state index < -0.39 is 0 Å². The number of aliphatic hydroxyl groups excluding tert-OH is 1. The van der Waals surface area contributed by atoms with E-state index in [1.807, 2.05) is 6.92 Å². The highest BCUT2D eigenvalue weighted by molar-refractivity contribution is 9.10. The van der Waals surface area contributed by atoms with Crippen molar-refractivity contribution in [2.24, 2.45) is 5.92 Å². The molecular weight excluding hydrogens is 284 g/mol. The summed E-state index contributed by atoms with van der Waals surface area (Å²) in [6.45, 7) is 2.80. The zero-order chi connectivity index (χ0) is 12.7. The molecule has 1 atom stereocenters. The number of aromatic nitrogens is 1. The van der Waals surface area contributed by atoms with Crippen LogP contribution in [-0.4, -0.2) is 29.1 Å². The van der Waals surface area contributed by atoms with Crippen LogP contribution in [0.5, 0.6) is 0 Å². The summed E-state index contributed by atoms with van der Waals surface area (Å²) in [4.78, 5) is 15.6. The van der Waals surface area contributed by atoms with Crippen molar-refractivity contribution in [3.05, 3.63) is 28.5 Å². The third-order valence-electron chi connectivity index (χ3n) is 2.44. The Labute approximate surface area is 110 Å². The maximum Gasteiger partial charge on any atom is 0.252 e. The van der Waals surface area contributed by atoms with Gasteiger partial charge in [-0.1, -0.05) is 6.92 Å². The third-order valence-corrected chi connectivity index (χ3v) is 2.87. The number of hydrogen-bond acceptors (Lipinski definition) is 3. The quantitative estimate of drug-likeness (QED) is 0.790. The average Bonchev–Trinajstić information content (AvgIpc) is 2.34. The number of nitrogens with one attached hydrogen (secondary N) is 1. The summed E-state index contributed by atoms with van der Waals surface area (Å²) in [7, 11) is 0. The first-order valence-corrected chi connectivity index (χ1v) is 6.42. The lowest BCUT2D eigenvalue weighted by molar-refractivity contribution is 0.0951. The van der Waals surface area contributed by atoms with E-state index in [4.69, 9.17) is 5.11 Å². The predicted octanol–water partition coefficient (Wildman–Crippen LogP) is 1.98. The largest absolute Gasteiger partial charge is 0.396 e. The Morgan fingerprint density at radius 1 is 1.59 bits per heavy atom. The van der Waals surface area contributed by atoms with Gasteiger partial charge in [0.05, 0.1) is 5.56 Å². The van der Waals surface area contributed by atoms with Gasteiger partial charge in [-0.05, 0) is 40.8 Å². The summed E-state index contributed by atoms with van der Waals surface area (Å²) in [5.74, 6) is 0.176. The van der Waals surface area contributed by atoms with E-state index in [1.165, 1.54) is 6.20 Å². The van der Waals surface area contributed by atoms with Gasteiger partial charge in [-0.3, -0.25) is 9.78 Å². The van der Waals surface area contributed by atoms with Crippen LogP contribution in [0.2, 0.25) is 0 Å². The zero-order valence-corrected chi connectivity index (χ0v) is 11.4. The minimum absolute atomic E-state index is 0.115. The van der Waals surface area contributed by atoms with E-state index >= 15 is 0 Å². The Morgan fingerprint density at radius 2 is 2.35 bits per heavy atom. The Hall–Kier alpha value is -0.940. The summed E-state index contributed by atoms with van der Waals surface area (Å²) in [5.41, 5.74) is 0.551. The number of hydrogen-bond donors (Lipinski definition) is 2. The normalized spacial score (nSPS) is 12.2. The van der Waals surface area contributed by atoms with Crippen LogP contribution in [-0.2, 0) is 0 Å². The lowest BCUT2D eigenvalue weighted by Gasteiger charge is -2.08. The van der Waals surface area contributed by atoms with E-state index in [0.717, 1.165) is 17.3 Å². The number of carbonyl (C=O) groups excluding carboxylic acids is 1. The molecule has 1 rings (SSSR count). The fourth-order valence-electron chi connectivity index (χ4n) is 1.38. The molecule has 17 heavy (non-hydrogen) atoms. The Bertz CT molecular complexity index is 371. The summed E-state index contributed by atoms with van der Waals surface area (Å²) >= 11 is 3.27. The number of aliphatic hydroxyl groups is 1. The van der Waals surface area contributed by atoms with Crippen LogP contribution in [0.1, 0.15) is 30.1 Å². The number of pyridine rings is 1. The molecule has 0 fully saturated rings. The van der Waals surface area contributed by atoms with Crippen molar-refractivity contribution in [3.8, 4) is 0 Å². The molecule has 0 bridgehead atoms. The van der Waals surface area contributed by atoms with Gasteiger partial charge in [0.15, 0.2) is 0 Å². The lowest BCUT2D eigenvalue weighted by Crippen LogP contribution is -2.25. The molecule has 94 valence electrons. The van der Waals surface area contributed by atoms with E-state index in [9.17, 15) is 4.79 Å². The fraction of sp³-hybridized carbons (Fsp3) is 0.500. The molecule has 0 radical (unpaired) electrons. The zero-order valence-electron chi connectivity index (χ0n) is 9.82. The second-order valence-corrected chi connectivity index (χ2v) is 4.99. The highest BCUT2D eigenvalue weighted by Crippen LogP contribution is 2.09. The van der Waals surface area contributed by atoms with Crippen molar-refractivity contribution in [1.82, 2.24) is 10.3 Å². The smallest absolute Gasteiger partial charge is 0.252 e. The number of amides is 1. The van der Waals surface area contributed by atoms with Crippen LogP contribution in [0.3, 0.4) is 0 Å². The second kappa shape index (κ2) is 7.40. The molecular formula is C12H17BrN2O2. The fourth-order valence-corrected chi connectivity index (χ4v) is 1.75. The highest BCUT2D eigenvalue weighted by Gasteiger charge is 2.06. The Balaban J connectivity index is 2.30. The minimum atomic E-state index is -0.115. The molecule has 2 N–H and O–H groups in total. The van der Waals surface area contributed by atoms with Gasteiger partial charge in [-0.25, -0.2) is 0 Å². The molecule has 0 aromatic carbocycles. The van der Waals surface area contributed by atoms with Gasteiger partial charge >= 0.3 is 0 Å². The summed E-state index contributed by atoms with van der Waals surface area (Å²) < 4.78 is 0.791. The van der Waals surface area contributed by atoms with Crippen molar-refractivity contribution < 1.29 is 9.90 Å². The molecule has 0 saturated carbocycles. The maximum atomic E-state index is 11.7. The summed E-state index contributed by atoms with van der Waals surface area (Å²) in [5, 5.41) is 11.7. The maximum absolute atomic E-state index is 11.7. The predicted molar refractivity (Wildman–Crippen MR) is 69.8 cm³/mol. The summed E-state index contributed by atoms with van der Waals surface area (Å²) in [6.07, 6.45) is 4.96. The SMILES string of the molecule is CC(CO)CCCNC(=O)c1cncc(Br)c1. The molecule has 1 heterocycles. The molecule has 1 amide bonds. The van der Waals surface area contributed by atoms with Gasteiger partial charge in [0.25, 0.3) is 5.91 Å². The molecule has 1 aromatic rings. The molecule has 1 unspecified atom stereocenters. The van der Waals surface area contributed by atoms with Gasteiger partial charge in [0, 0.05) is 30.0 Å². The lowest BCUT2D eigenvalue weighted by atomic mass is 10.1. The first-order chi connectivity index (χ1) is 8.13. The van der Waals surface area contributed by atoms with E-state index in [0.29, 0.717) is 18.0 Å². The standard InChI is InChI=1S/C12H17BrN2O2/c1-9(8-16)3-2-4-15-12(17)10-5-11(13)7-14-6-10/h5-7,9,16H,2-4,8H2,1H3,(H,15,17). The Kier molecular flexibility index (Phi) is 6.15. The van der Waals surface area contributed by atoms with Crippen LogP contribution in [0.4, 0.5) is 0 Å². The van der Waals surface area contributed by atoms with Crippen LogP contribution in [0.25, 0.3) is 0 Å². The summed E-state index contributed by atoms with van der Waals surface area (Å²) in [6, 6.07) is 1.73. The van der Waals surface area contributed by atoms with E-state index in [2.05, 4.69) is 26.2 Å². The molecule has 4 nitrogen and oxygen atoms in total. The average molecular weight is 301 g/mol. The van der Waals surface area contributed by atoms with Gasteiger partial charge in [0.2, 0.25) is 0 Å². The number of rotatable bonds is 6. The first kappa shape index (κ1) is 14.1. The molecule has 5 heteroatoms. The van der Waals surface area contributed by atoms with Crippen molar-refractivity contribution in [2.75, 3.05) is 13.2 Å². The van der Waals surface area contributed by atoms with Crippen LogP contribution in [0, 0.1) is 5.92 Å². The van der Waals surface area contributed by atoms with Crippen molar-refractivity contribution >= 4 is 21.8 Å². The van der Waals surface area contributed by atoms with Crippen LogP contribution >= 0.6 is 15.9 Å². The topological polar surface area (TPSA) is 62.2 Å². The number of nitrogens with zero attached hydrogens (tertiary/aromatic N) is 1. The number of halogens is 1. The molecule has 0 saturated heterocycles. The molecule has 1 aromatic heterocycles. The van der Waals surface area contributed by atoms with Crippen molar-refractivity contribution in [1.29, 1.82) is 0 Å². The van der Waals surface area contributed by atoms with E-state index in [-0.39, 0.29) is 12.5 Å². The van der Waals surface area contributed by atoms with E-state index in [1.54, 1.807) is 12.3 Å². The number of carbonyl (C=O) groups is 1. The monoisotopic (exact) mass is 300 g/mol. The van der Waals surface area contributed by atoms with Gasteiger partial charge in [-0.2, -0.15) is 0 Å². The van der Waals surface area contributed by atoms with Crippen LogP contribution in [0.15, 0.2) is 22.9 Å². The highest BCUT2D eigenvalue weighted by atomic mass is 79.9. The third kappa shape index (κ3) is 5.28. The van der Waals surface area contributed by atoms with Crippen molar-refractivity contribution in [3.63, 3.8) is 0 Å². The van der Waals surface area contributed by atoms with Crippen molar-refractivity contribution in [2.45, 2.75) is 19.8 Å². The minimum Gasteiger partial charge on any atom is -0.396 e. The van der Waals surface area contributed by atoms with Gasteiger partial charge in [-0.15, -0.1) is 0 Å². The Morgan fingerprint density at radius 3 is 3.00 bits per heavy atom. The second-order valence-electron chi connectivity index (χ2n) is 4.08. The van der Waals surface area contributed by atoms with Gasteiger partial charge in [0.1, 0.15) is 0 Å². The molecule has 0 aliphatic heterocycles. The molecule has 0 aliphatic carbocycles.